The molecule has 0 saturated carbocycles. The summed E-state index contributed by atoms with van der Waals surface area (Å²) in [5.74, 6) is 1.05. The number of guanidine groups is 1. The first-order valence-electron chi connectivity index (χ1n) is 5.71. The second-order valence-electron chi connectivity index (χ2n) is 4.40. The molecule has 1 aromatic rings. The lowest BCUT2D eigenvalue weighted by molar-refractivity contribution is 0.652. The van der Waals surface area contributed by atoms with E-state index in [1.54, 1.807) is 0 Å². The second kappa shape index (κ2) is 6.16. The molecule has 0 bridgehead atoms. The van der Waals surface area contributed by atoms with Gasteiger partial charge in [0.25, 0.3) is 0 Å². The highest BCUT2D eigenvalue weighted by Crippen LogP contribution is 2.10. The number of rotatable bonds is 4. The Balaban J connectivity index is 2.51. The molecule has 0 aliphatic carbocycles. The number of hydrogen-bond acceptors (Lipinski definition) is 1. The summed E-state index contributed by atoms with van der Waals surface area (Å²) in [6.45, 7) is 7.09. The van der Waals surface area contributed by atoms with Crippen molar-refractivity contribution in [1.29, 1.82) is 0 Å². The van der Waals surface area contributed by atoms with Crippen molar-refractivity contribution in [2.45, 2.75) is 26.8 Å². The van der Waals surface area contributed by atoms with E-state index >= 15 is 0 Å². The van der Waals surface area contributed by atoms with Gasteiger partial charge in [0, 0.05) is 6.54 Å². The average molecular weight is 219 g/mol. The van der Waals surface area contributed by atoms with Crippen LogP contribution in [0.5, 0.6) is 0 Å². The molecule has 16 heavy (non-hydrogen) atoms. The van der Waals surface area contributed by atoms with Crippen LogP contribution in [0.2, 0.25) is 0 Å². The molecule has 3 N–H and O–H groups in total. The van der Waals surface area contributed by atoms with Gasteiger partial charge in [-0.2, -0.15) is 0 Å². The zero-order valence-electron chi connectivity index (χ0n) is 10.3. The molecule has 0 radical (unpaired) electrons. The Morgan fingerprint density at radius 3 is 2.44 bits per heavy atom. The maximum Gasteiger partial charge on any atom is 0.189 e. The predicted octanol–water partition coefficient (Wildman–Crippen LogP) is 2.31. The Bertz CT molecular complexity index is 330. The average Bonchev–Trinajstić information content (AvgIpc) is 2.27. The van der Waals surface area contributed by atoms with Crippen LogP contribution in [0.3, 0.4) is 0 Å². The second-order valence-corrected chi connectivity index (χ2v) is 4.40. The summed E-state index contributed by atoms with van der Waals surface area (Å²) in [5, 5.41) is 3.18. The topological polar surface area (TPSA) is 50.4 Å². The lowest BCUT2D eigenvalue weighted by atomic mass is 10.1. The van der Waals surface area contributed by atoms with Gasteiger partial charge in [-0.05, 0) is 18.4 Å². The predicted molar refractivity (Wildman–Crippen MR) is 69.3 cm³/mol. The van der Waals surface area contributed by atoms with Gasteiger partial charge in [0.1, 0.15) is 0 Å². The first-order chi connectivity index (χ1) is 7.59. The number of nitrogens with two attached hydrogens (primary N) is 1. The van der Waals surface area contributed by atoms with E-state index in [0.717, 1.165) is 6.54 Å². The molecule has 1 rings (SSSR count). The van der Waals surface area contributed by atoms with E-state index in [2.05, 4.69) is 43.2 Å². The van der Waals surface area contributed by atoms with Crippen molar-refractivity contribution in [3.05, 3.63) is 35.9 Å². The minimum absolute atomic E-state index is 0.192. The zero-order chi connectivity index (χ0) is 12.0. The molecule has 3 nitrogen and oxygen atoms in total. The van der Waals surface area contributed by atoms with Crippen LogP contribution in [-0.4, -0.2) is 12.5 Å². The highest BCUT2D eigenvalue weighted by molar-refractivity contribution is 5.78. The number of hydrogen-bond donors (Lipinski definition) is 2. The van der Waals surface area contributed by atoms with Crippen molar-refractivity contribution in [1.82, 2.24) is 5.32 Å². The van der Waals surface area contributed by atoms with Crippen LogP contribution in [0.25, 0.3) is 0 Å². The number of nitrogens with one attached hydrogen (secondary N) is 1. The first-order valence-corrected chi connectivity index (χ1v) is 5.71. The Morgan fingerprint density at radius 2 is 1.88 bits per heavy atom. The molecular formula is C13H21N3. The summed E-state index contributed by atoms with van der Waals surface area (Å²) in [6, 6.07) is 10.4. The molecule has 0 aliphatic rings. The van der Waals surface area contributed by atoms with Crippen LogP contribution >= 0.6 is 0 Å². The molecular weight excluding hydrogens is 198 g/mol. The largest absolute Gasteiger partial charge is 0.370 e. The lowest BCUT2D eigenvalue weighted by Gasteiger charge is -2.15. The lowest BCUT2D eigenvalue weighted by Crippen LogP contribution is -2.34. The van der Waals surface area contributed by atoms with Gasteiger partial charge in [-0.3, -0.25) is 4.99 Å². The summed E-state index contributed by atoms with van der Waals surface area (Å²) < 4.78 is 0. The monoisotopic (exact) mass is 219 g/mol. The maximum absolute atomic E-state index is 5.80. The van der Waals surface area contributed by atoms with E-state index in [9.17, 15) is 0 Å². The van der Waals surface area contributed by atoms with Crippen LogP contribution in [0.4, 0.5) is 0 Å². The van der Waals surface area contributed by atoms with E-state index in [1.807, 2.05) is 18.2 Å². The minimum atomic E-state index is 0.192. The summed E-state index contributed by atoms with van der Waals surface area (Å²) in [4.78, 5) is 4.27. The highest BCUT2D eigenvalue weighted by atomic mass is 15.1. The molecule has 0 saturated heterocycles. The third-order valence-corrected chi connectivity index (χ3v) is 2.29. The quantitative estimate of drug-likeness (QED) is 0.603. The maximum atomic E-state index is 5.80. The van der Waals surface area contributed by atoms with Gasteiger partial charge in [0.05, 0.1) is 6.04 Å². The molecule has 1 aromatic carbocycles. The molecule has 1 unspecified atom stereocenters. The van der Waals surface area contributed by atoms with Crippen molar-refractivity contribution < 1.29 is 0 Å². The van der Waals surface area contributed by atoms with Gasteiger partial charge < -0.3 is 11.1 Å². The van der Waals surface area contributed by atoms with Gasteiger partial charge in [0.15, 0.2) is 5.96 Å². The number of aliphatic imine (C=N–C) groups is 1. The van der Waals surface area contributed by atoms with Crippen molar-refractivity contribution in [3.8, 4) is 0 Å². The van der Waals surface area contributed by atoms with Crippen LogP contribution in [-0.2, 0) is 0 Å². The van der Waals surface area contributed by atoms with Gasteiger partial charge in [-0.25, -0.2) is 0 Å². The number of benzene rings is 1. The standard InChI is InChI=1S/C13H21N3/c1-10(2)9-15-13(14)16-11(3)12-7-5-4-6-8-12/h4-8,10-11H,9H2,1-3H3,(H3,14,15,16). The van der Waals surface area contributed by atoms with Crippen molar-refractivity contribution in [2.24, 2.45) is 16.6 Å². The first kappa shape index (κ1) is 12.6. The third kappa shape index (κ3) is 4.34. The van der Waals surface area contributed by atoms with E-state index in [1.165, 1.54) is 5.56 Å². The Morgan fingerprint density at radius 1 is 1.25 bits per heavy atom. The summed E-state index contributed by atoms with van der Waals surface area (Å²) in [5.41, 5.74) is 7.01. The fraction of sp³-hybridized carbons (Fsp3) is 0.462. The van der Waals surface area contributed by atoms with Crippen LogP contribution < -0.4 is 11.1 Å². The summed E-state index contributed by atoms with van der Waals surface area (Å²) in [6.07, 6.45) is 0. The molecule has 0 spiro atoms. The fourth-order valence-electron chi connectivity index (χ4n) is 1.37. The molecule has 0 fully saturated rings. The zero-order valence-corrected chi connectivity index (χ0v) is 10.3. The van der Waals surface area contributed by atoms with Gasteiger partial charge in [0.2, 0.25) is 0 Å². The third-order valence-electron chi connectivity index (χ3n) is 2.29. The summed E-state index contributed by atoms with van der Waals surface area (Å²) >= 11 is 0. The van der Waals surface area contributed by atoms with E-state index in [0.29, 0.717) is 11.9 Å². The van der Waals surface area contributed by atoms with E-state index < -0.39 is 0 Å². The van der Waals surface area contributed by atoms with Crippen molar-refractivity contribution in [2.75, 3.05) is 6.54 Å². The van der Waals surface area contributed by atoms with Crippen LogP contribution in [0.1, 0.15) is 32.4 Å². The number of nitrogens with zero attached hydrogens (tertiary/aromatic N) is 1. The van der Waals surface area contributed by atoms with E-state index in [-0.39, 0.29) is 6.04 Å². The van der Waals surface area contributed by atoms with Crippen molar-refractivity contribution in [3.63, 3.8) is 0 Å². The highest BCUT2D eigenvalue weighted by Gasteiger charge is 2.04. The minimum Gasteiger partial charge on any atom is -0.370 e. The Labute approximate surface area is 97.8 Å². The molecule has 88 valence electrons. The fourth-order valence-corrected chi connectivity index (χ4v) is 1.37. The van der Waals surface area contributed by atoms with Crippen LogP contribution in [0.15, 0.2) is 35.3 Å². The molecule has 0 amide bonds. The normalized spacial score (nSPS) is 13.9. The SMILES string of the molecule is CC(C)CN=C(N)NC(C)c1ccccc1. The Kier molecular flexibility index (Phi) is 4.83. The molecule has 0 aliphatic heterocycles. The van der Waals surface area contributed by atoms with E-state index in [4.69, 9.17) is 5.73 Å². The van der Waals surface area contributed by atoms with Crippen molar-refractivity contribution >= 4 is 5.96 Å². The molecule has 0 aromatic heterocycles. The van der Waals surface area contributed by atoms with Gasteiger partial charge in [-0.1, -0.05) is 44.2 Å². The smallest absolute Gasteiger partial charge is 0.189 e. The molecule has 3 heteroatoms. The molecule has 1 atom stereocenters. The van der Waals surface area contributed by atoms with Gasteiger partial charge in [-0.15, -0.1) is 0 Å². The molecule has 0 heterocycles. The van der Waals surface area contributed by atoms with Crippen LogP contribution in [0, 0.1) is 5.92 Å². The summed E-state index contributed by atoms with van der Waals surface area (Å²) in [7, 11) is 0. The Hall–Kier alpha value is -1.51. The van der Waals surface area contributed by atoms with Gasteiger partial charge >= 0.3 is 0 Å².